The number of pyridine rings is 1. The van der Waals surface area contributed by atoms with Crippen LogP contribution in [0.4, 0.5) is 0 Å². The summed E-state index contributed by atoms with van der Waals surface area (Å²) in [6, 6.07) is 13.6. The third-order valence-electron chi connectivity index (χ3n) is 5.60. The van der Waals surface area contributed by atoms with E-state index in [9.17, 15) is 13.2 Å². The topological polar surface area (TPSA) is 120 Å². The number of aromatic nitrogens is 3. The highest BCUT2D eigenvalue weighted by Gasteiger charge is 2.20. The van der Waals surface area contributed by atoms with Crippen LogP contribution in [0.3, 0.4) is 0 Å². The number of nitrogens with two attached hydrogens (primary N) is 1. The van der Waals surface area contributed by atoms with E-state index in [-0.39, 0.29) is 10.8 Å². The van der Waals surface area contributed by atoms with E-state index in [0.29, 0.717) is 46.0 Å². The number of benzene rings is 2. The Labute approximate surface area is 202 Å². The molecule has 3 N–H and O–H groups in total. The van der Waals surface area contributed by atoms with Crippen molar-refractivity contribution in [2.45, 2.75) is 32.1 Å². The molecule has 0 atom stereocenters. The van der Waals surface area contributed by atoms with Gasteiger partial charge in [-0.1, -0.05) is 29.8 Å². The fraction of sp³-hybridized carbons (Fsp3) is 0.208. The van der Waals surface area contributed by atoms with E-state index in [1.54, 1.807) is 22.9 Å². The Morgan fingerprint density at radius 3 is 2.50 bits per heavy atom. The van der Waals surface area contributed by atoms with Crippen LogP contribution in [0.25, 0.3) is 16.7 Å². The zero-order valence-corrected chi connectivity index (χ0v) is 20.5. The Morgan fingerprint density at radius 1 is 1.12 bits per heavy atom. The number of primary sulfonamides is 1. The molecule has 4 aromatic rings. The van der Waals surface area contributed by atoms with Crippen LogP contribution in [-0.4, -0.2) is 35.6 Å². The average molecular weight is 498 g/mol. The largest absolute Gasteiger partial charge is 0.352 e. The second-order valence-electron chi connectivity index (χ2n) is 8.09. The van der Waals surface area contributed by atoms with E-state index in [1.807, 2.05) is 39.0 Å². The van der Waals surface area contributed by atoms with Crippen molar-refractivity contribution >= 4 is 38.6 Å². The van der Waals surface area contributed by atoms with Crippen molar-refractivity contribution in [3.05, 3.63) is 81.6 Å². The van der Waals surface area contributed by atoms with E-state index in [4.69, 9.17) is 16.7 Å². The number of halogens is 1. The lowest BCUT2D eigenvalue weighted by Gasteiger charge is -2.10. The number of rotatable bonds is 6. The normalized spacial score (nSPS) is 11.7. The summed E-state index contributed by atoms with van der Waals surface area (Å²) in [5.41, 5.74) is 5.02. The Bertz CT molecular complexity index is 1510. The molecule has 2 aromatic heterocycles. The van der Waals surface area contributed by atoms with Gasteiger partial charge in [0.25, 0.3) is 5.91 Å². The Kier molecular flexibility index (Phi) is 6.44. The molecule has 0 aliphatic heterocycles. The smallest absolute Gasteiger partial charge is 0.252 e. The van der Waals surface area contributed by atoms with Gasteiger partial charge in [-0.3, -0.25) is 4.79 Å². The Morgan fingerprint density at radius 2 is 1.82 bits per heavy atom. The minimum Gasteiger partial charge on any atom is -0.352 e. The van der Waals surface area contributed by atoms with Crippen LogP contribution in [0.5, 0.6) is 0 Å². The maximum absolute atomic E-state index is 13.1. The molecule has 0 unspecified atom stereocenters. The molecule has 0 aliphatic carbocycles. The zero-order valence-electron chi connectivity index (χ0n) is 19.0. The molecule has 10 heteroatoms. The molecule has 0 saturated carbocycles. The lowest BCUT2D eigenvalue weighted by molar-refractivity contribution is 0.0955. The maximum atomic E-state index is 13.1. The summed E-state index contributed by atoms with van der Waals surface area (Å²) in [6.07, 6.45) is 0.532. The summed E-state index contributed by atoms with van der Waals surface area (Å²) < 4.78 is 24.5. The molecule has 0 spiro atoms. The first kappa shape index (κ1) is 23.9. The SMILES string of the molecule is Cc1cc(C(=O)NCCc2ccc(S(N)(=O)=O)cc2)c2c(C)nn(-c3cccc(Cl)c3C)c2n1. The van der Waals surface area contributed by atoms with Gasteiger partial charge in [0.15, 0.2) is 5.65 Å². The highest BCUT2D eigenvalue weighted by Crippen LogP contribution is 2.28. The number of sulfonamides is 1. The summed E-state index contributed by atoms with van der Waals surface area (Å²) in [4.78, 5) is 17.8. The van der Waals surface area contributed by atoms with Crippen molar-refractivity contribution in [1.82, 2.24) is 20.1 Å². The van der Waals surface area contributed by atoms with Crippen molar-refractivity contribution in [3.63, 3.8) is 0 Å². The molecule has 0 fully saturated rings. The minimum atomic E-state index is -3.73. The van der Waals surface area contributed by atoms with Crippen LogP contribution in [0, 0.1) is 20.8 Å². The first-order chi connectivity index (χ1) is 16.1. The van der Waals surface area contributed by atoms with E-state index >= 15 is 0 Å². The number of nitrogens with one attached hydrogen (secondary N) is 1. The molecular formula is C24H24ClN5O3S. The van der Waals surface area contributed by atoms with E-state index in [2.05, 4.69) is 15.4 Å². The number of carbonyl (C=O) groups excluding carboxylic acids is 1. The van der Waals surface area contributed by atoms with Crippen LogP contribution in [0.2, 0.25) is 5.02 Å². The fourth-order valence-electron chi connectivity index (χ4n) is 3.85. The van der Waals surface area contributed by atoms with Crippen LogP contribution >= 0.6 is 11.6 Å². The summed E-state index contributed by atoms with van der Waals surface area (Å²) in [5.74, 6) is -0.234. The van der Waals surface area contributed by atoms with Gasteiger partial charge < -0.3 is 5.32 Å². The molecule has 1 amide bonds. The molecule has 0 radical (unpaired) electrons. The minimum absolute atomic E-state index is 0.0531. The van der Waals surface area contributed by atoms with Gasteiger partial charge in [-0.05, 0) is 68.7 Å². The summed E-state index contributed by atoms with van der Waals surface area (Å²) in [5, 5.41) is 14.0. The van der Waals surface area contributed by atoms with Gasteiger partial charge in [0.1, 0.15) is 0 Å². The van der Waals surface area contributed by atoms with Gasteiger partial charge in [-0.2, -0.15) is 5.10 Å². The maximum Gasteiger partial charge on any atom is 0.252 e. The fourth-order valence-corrected chi connectivity index (χ4v) is 4.53. The number of amides is 1. The van der Waals surface area contributed by atoms with Gasteiger partial charge in [-0.15, -0.1) is 0 Å². The Balaban J connectivity index is 1.60. The number of carbonyl (C=O) groups is 1. The van der Waals surface area contributed by atoms with Gasteiger partial charge in [0.2, 0.25) is 10.0 Å². The number of hydrogen-bond donors (Lipinski definition) is 2. The highest BCUT2D eigenvalue weighted by atomic mass is 35.5. The predicted octanol–water partition coefficient (Wildman–Crippen LogP) is 3.62. The third-order valence-corrected chi connectivity index (χ3v) is 6.94. The lowest BCUT2D eigenvalue weighted by atomic mass is 10.1. The highest BCUT2D eigenvalue weighted by molar-refractivity contribution is 7.89. The van der Waals surface area contributed by atoms with Crippen LogP contribution in [-0.2, 0) is 16.4 Å². The van der Waals surface area contributed by atoms with Crippen molar-refractivity contribution in [2.24, 2.45) is 5.14 Å². The molecule has 2 aromatic carbocycles. The molecule has 176 valence electrons. The van der Waals surface area contributed by atoms with Gasteiger partial charge >= 0.3 is 0 Å². The van der Waals surface area contributed by atoms with Crippen molar-refractivity contribution < 1.29 is 13.2 Å². The molecule has 34 heavy (non-hydrogen) atoms. The summed E-state index contributed by atoms with van der Waals surface area (Å²) in [6.45, 7) is 5.97. The van der Waals surface area contributed by atoms with E-state index in [1.165, 1.54) is 12.1 Å². The molecule has 2 heterocycles. The zero-order chi connectivity index (χ0) is 24.6. The van der Waals surface area contributed by atoms with E-state index < -0.39 is 10.0 Å². The van der Waals surface area contributed by atoms with Crippen LogP contribution in [0.15, 0.2) is 53.4 Å². The Hall–Kier alpha value is -3.27. The monoisotopic (exact) mass is 497 g/mol. The third kappa shape index (κ3) is 4.68. The molecular weight excluding hydrogens is 474 g/mol. The standard InChI is InChI=1S/C24H24ClN5O3S/c1-14-13-19(24(31)27-12-11-17-7-9-18(10-8-17)34(26,32)33)22-16(3)29-30(23(22)28-14)21-6-4-5-20(25)15(21)2/h4-10,13H,11-12H2,1-3H3,(H,27,31)(H2,26,32,33). The van der Waals surface area contributed by atoms with Crippen LogP contribution in [0.1, 0.15) is 32.9 Å². The average Bonchev–Trinajstić information content (AvgIpc) is 3.10. The first-order valence-corrected chi connectivity index (χ1v) is 12.5. The predicted molar refractivity (Wildman–Crippen MR) is 132 cm³/mol. The van der Waals surface area contributed by atoms with Crippen molar-refractivity contribution in [1.29, 1.82) is 0 Å². The number of aryl methyl sites for hydroxylation is 2. The summed E-state index contributed by atoms with van der Waals surface area (Å²) >= 11 is 6.31. The lowest BCUT2D eigenvalue weighted by Crippen LogP contribution is -2.26. The van der Waals surface area contributed by atoms with Crippen LogP contribution < -0.4 is 10.5 Å². The van der Waals surface area contributed by atoms with Gasteiger partial charge in [0.05, 0.1) is 27.2 Å². The van der Waals surface area contributed by atoms with Gasteiger partial charge in [-0.25, -0.2) is 23.2 Å². The molecule has 8 nitrogen and oxygen atoms in total. The first-order valence-electron chi connectivity index (χ1n) is 10.6. The van der Waals surface area contributed by atoms with E-state index in [0.717, 1.165) is 16.8 Å². The van der Waals surface area contributed by atoms with Crippen molar-refractivity contribution in [2.75, 3.05) is 6.54 Å². The number of hydrogen-bond acceptors (Lipinski definition) is 5. The molecule has 0 bridgehead atoms. The molecule has 0 aliphatic rings. The molecule has 0 saturated heterocycles. The van der Waals surface area contributed by atoms with Crippen molar-refractivity contribution in [3.8, 4) is 5.69 Å². The second kappa shape index (κ2) is 9.17. The number of nitrogens with zero attached hydrogens (tertiary/aromatic N) is 3. The second-order valence-corrected chi connectivity index (χ2v) is 10.1. The summed E-state index contributed by atoms with van der Waals surface area (Å²) in [7, 11) is -3.73. The number of fused-ring (bicyclic) bond motifs is 1. The van der Waals surface area contributed by atoms with Gasteiger partial charge in [0, 0.05) is 17.3 Å². The molecule has 4 rings (SSSR count). The quantitative estimate of drug-likeness (QED) is 0.421.